The highest BCUT2D eigenvalue weighted by Gasteiger charge is 2.17. The third-order valence-electron chi connectivity index (χ3n) is 7.28. The number of hydrogen-bond acceptors (Lipinski definition) is 8. The fourth-order valence-corrected chi connectivity index (χ4v) is 5.12. The Hall–Kier alpha value is -4.57. The maximum atomic E-state index is 13.0. The Bertz CT molecular complexity index is 1620. The molecule has 1 aliphatic rings. The van der Waals surface area contributed by atoms with Gasteiger partial charge in [-0.3, -0.25) is 9.59 Å². The van der Waals surface area contributed by atoms with Crippen LogP contribution < -0.4 is 30.0 Å². The number of fused-ring (bicyclic) bond motifs is 1. The third kappa shape index (κ3) is 6.12. The predicted molar refractivity (Wildman–Crippen MR) is 161 cm³/mol. The summed E-state index contributed by atoms with van der Waals surface area (Å²) < 4.78 is 16.7. The number of nitrogens with zero attached hydrogens (tertiary/aromatic N) is 3. The smallest absolute Gasteiger partial charge is 0.262 e. The normalized spacial score (nSPS) is 13.7. The van der Waals surface area contributed by atoms with Gasteiger partial charge >= 0.3 is 0 Å². The minimum Gasteiger partial charge on any atom is -0.497 e. The SMILES string of the molecule is COc1cc(OC)c2c(=O)[nH]c(-c3cc(C)c(OCC(=O)Nc4cccc(N5CCN(C)CC5)c4)c(C)c3)nc2c1. The van der Waals surface area contributed by atoms with Gasteiger partial charge in [-0.25, -0.2) is 4.98 Å². The number of hydrogen-bond donors (Lipinski definition) is 2. The van der Waals surface area contributed by atoms with Gasteiger partial charge in [-0.05, 0) is 62.4 Å². The van der Waals surface area contributed by atoms with Gasteiger partial charge in [0.2, 0.25) is 0 Å². The molecule has 1 aromatic heterocycles. The maximum Gasteiger partial charge on any atom is 0.262 e. The van der Waals surface area contributed by atoms with Gasteiger partial charge in [-0.15, -0.1) is 0 Å². The molecule has 10 heteroatoms. The molecule has 5 rings (SSSR count). The molecule has 4 aromatic rings. The molecule has 3 aromatic carbocycles. The van der Waals surface area contributed by atoms with E-state index in [1.165, 1.54) is 7.11 Å². The number of aryl methyl sites for hydroxylation is 2. The quantitative estimate of drug-likeness (QED) is 0.335. The van der Waals surface area contributed by atoms with Crippen LogP contribution in [0.15, 0.2) is 53.3 Å². The molecule has 0 atom stereocenters. The van der Waals surface area contributed by atoms with Gasteiger partial charge in [0.15, 0.2) is 6.61 Å². The lowest BCUT2D eigenvalue weighted by Gasteiger charge is -2.34. The summed E-state index contributed by atoms with van der Waals surface area (Å²) in [5.41, 5.74) is 4.33. The minimum atomic E-state index is -0.312. The highest BCUT2D eigenvalue weighted by atomic mass is 16.5. The molecule has 2 N–H and O–H groups in total. The summed E-state index contributed by atoms with van der Waals surface area (Å²) in [7, 11) is 5.17. The van der Waals surface area contributed by atoms with Gasteiger partial charge in [0.05, 0.1) is 19.7 Å². The first-order valence-electron chi connectivity index (χ1n) is 13.5. The second-order valence-electron chi connectivity index (χ2n) is 10.3. The van der Waals surface area contributed by atoms with Crippen molar-refractivity contribution in [1.29, 1.82) is 0 Å². The lowest BCUT2D eigenvalue weighted by molar-refractivity contribution is -0.118. The average Bonchev–Trinajstić information content (AvgIpc) is 2.96. The van der Waals surface area contributed by atoms with Crippen LogP contribution in [-0.4, -0.2) is 74.8 Å². The molecule has 1 fully saturated rings. The summed E-state index contributed by atoms with van der Waals surface area (Å²) in [4.78, 5) is 37.9. The largest absolute Gasteiger partial charge is 0.497 e. The molecule has 0 saturated carbocycles. The monoisotopic (exact) mass is 557 g/mol. The van der Waals surface area contributed by atoms with Crippen molar-refractivity contribution in [3.05, 3.63) is 70.0 Å². The number of rotatable bonds is 8. The van der Waals surface area contributed by atoms with E-state index in [9.17, 15) is 9.59 Å². The molecule has 41 heavy (non-hydrogen) atoms. The standard InChI is InChI=1S/C31H35N5O5/c1-19-13-21(30-33-25-16-24(39-4)17-26(40-5)28(25)31(38)34-30)14-20(2)29(19)41-18-27(37)32-22-7-6-8-23(15-22)36-11-9-35(3)10-12-36/h6-8,13-17H,9-12,18H2,1-5H3,(H,32,37)(H,33,34,38). The molecule has 0 spiro atoms. The number of likely N-dealkylation sites (N-methyl/N-ethyl adjacent to an activating group) is 1. The molecule has 0 radical (unpaired) electrons. The molecule has 0 bridgehead atoms. The van der Waals surface area contributed by atoms with Crippen LogP contribution in [0.1, 0.15) is 11.1 Å². The first-order chi connectivity index (χ1) is 19.7. The van der Waals surface area contributed by atoms with E-state index < -0.39 is 0 Å². The van der Waals surface area contributed by atoms with E-state index in [1.54, 1.807) is 19.2 Å². The number of nitrogens with one attached hydrogen (secondary N) is 2. The molecule has 0 aliphatic carbocycles. The number of ether oxygens (including phenoxy) is 3. The number of benzene rings is 3. The first kappa shape index (κ1) is 28.0. The van der Waals surface area contributed by atoms with Crippen molar-refractivity contribution in [1.82, 2.24) is 14.9 Å². The molecule has 1 saturated heterocycles. The number of anilines is 2. The molecule has 0 unspecified atom stereocenters. The molecule has 1 aliphatic heterocycles. The van der Waals surface area contributed by atoms with E-state index in [4.69, 9.17) is 14.2 Å². The van der Waals surface area contributed by atoms with Crippen LogP contribution in [0.3, 0.4) is 0 Å². The minimum absolute atomic E-state index is 0.135. The van der Waals surface area contributed by atoms with Crippen molar-refractivity contribution in [3.8, 4) is 28.6 Å². The second-order valence-corrected chi connectivity index (χ2v) is 10.3. The maximum absolute atomic E-state index is 13.0. The Morgan fingerprint density at radius 1 is 1.00 bits per heavy atom. The summed E-state index contributed by atoms with van der Waals surface area (Å²) in [6.07, 6.45) is 0. The van der Waals surface area contributed by atoms with Crippen molar-refractivity contribution >= 4 is 28.2 Å². The second kappa shape index (κ2) is 11.9. The van der Waals surface area contributed by atoms with Crippen LogP contribution in [0.5, 0.6) is 17.2 Å². The third-order valence-corrected chi connectivity index (χ3v) is 7.28. The van der Waals surface area contributed by atoms with E-state index in [-0.39, 0.29) is 18.1 Å². The number of aromatic amines is 1. The number of methoxy groups -OCH3 is 2. The van der Waals surface area contributed by atoms with E-state index >= 15 is 0 Å². The van der Waals surface area contributed by atoms with Gasteiger partial charge in [-0.1, -0.05) is 6.07 Å². The van der Waals surface area contributed by atoms with E-state index in [0.29, 0.717) is 34.0 Å². The topological polar surface area (TPSA) is 109 Å². The zero-order valence-corrected chi connectivity index (χ0v) is 24.0. The van der Waals surface area contributed by atoms with Crippen LogP contribution in [0, 0.1) is 13.8 Å². The van der Waals surface area contributed by atoms with Crippen LogP contribution in [0.2, 0.25) is 0 Å². The van der Waals surface area contributed by atoms with Crippen LogP contribution in [0.25, 0.3) is 22.3 Å². The van der Waals surface area contributed by atoms with Crippen molar-refractivity contribution in [3.63, 3.8) is 0 Å². The number of aromatic nitrogens is 2. The van der Waals surface area contributed by atoms with Crippen LogP contribution in [0.4, 0.5) is 11.4 Å². The lowest BCUT2D eigenvalue weighted by Crippen LogP contribution is -2.44. The number of piperazine rings is 1. The van der Waals surface area contributed by atoms with E-state index in [0.717, 1.165) is 54.2 Å². The number of H-pyrrole nitrogens is 1. The van der Waals surface area contributed by atoms with Crippen LogP contribution in [-0.2, 0) is 4.79 Å². The molecular weight excluding hydrogens is 522 g/mol. The Balaban J connectivity index is 1.30. The molecule has 10 nitrogen and oxygen atoms in total. The molecule has 214 valence electrons. The summed E-state index contributed by atoms with van der Waals surface area (Å²) in [5, 5.41) is 3.30. The van der Waals surface area contributed by atoms with Gasteiger partial charge in [-0.2, -0.15) is 0 Å². The number of carbonyl (C=O) groups is 1. The molecular formula is C31H35N5O5. The van der Waals surface area contributed by atoms with Gasteiger partial charge in [0, 0.05) is 55.2 Å². The Labute approximate surface area is 238 Å². The fourth-order valence-electron chi connectivity index (χ4n) is 5.12. The Morgan fingerprint density at radius 2 is 1.73 bits per heavy atom. The summed E-state index contributed by atoms with van der Waals surface area (Å²) >= 11 is 0. The van der Waals surface area contributed by atoms with Crippen molar-refractivity contribution in [2.45, 2.75) is 13.8 Å². The zero-order valence-electron chi connectivity index (χ0n) is 24.0. The number of carbonyl (C=O) groups excluding carboxylic acids is 1. The van der Waals surface area contributed by atoms with Crippen molar-refractivity contribution in [2.75, 3.05) is 64.3 Å². The van der Waals surface area contributed by atoms with Gasteiger partial charge < -0.3 is 34.3 Å². The summed E-state index contributed by atoms with van der Waals surface area (Å²) in [6, 6.07) is 15.0. The van der Waals surface area contributed by atoms with Crippen molar-refractivity contribution < 1.29 is 19.0 Å². The van der Waals surface area contributed by atoms with E-state index in [1.807, 2.05) is 44.2 Å². The zero-order chi connectivity index (χ0) is 29.1. The van der Waals surface area contributed by atoms with E-state index in [2.05, 4.69) is 38.2 Å². The van der Waals surface area contributed by atoms with Crippen LogP contribution >= 0.6 is 0 Å². The average molecular weight is 558 g/mol. The highest BCUT2D eigenvalue weighted by molar-refractivity contribution is 5.92. The molecule has 1 amide bonds. The van der Waals surface area contributed by atoms with Crippen molar-refractivity contribution in [2.24, 2.45) is 0 Å². The number of amides is 1. The highest BCUT2D eigenvalue weighted by Crippen LogP contribution is 2.32. The summed E-state index contributed by atoms with van der Waals surface area (Å²) in [5.74, 6) is 1.71. The lowest BCUT2D eigenvalue weighted by atomic mass is 10.0. The summed E-state index contributed by atoms with van der Waals surface area (Å²) in [6.45, 7) is 7.59. The Kier molecular flexibility index (Phi) is 8.11. The predicted octanol–water partition coefficient (Wildman–Crippen LogP) is 3.99. The molecule has 2 heterocycles. The van der Waals surface area contributed by atoms with Gasteiger partial charge in [0.1, 0.15) is 28.5 Å². The first-order valence-corrected chi connectivity index (χ1v) is 13.5. The van der Waals surface area contributed by atoms with Gasteiger partial charge in [0.25, 0.3) is 11.5 Å². The fraction of sp³-hybridized carbons (Fsp3) is 0.323. The Morgan fingerprint density at radius 3 is 2.41 bits per heavy atom.